The van der Waals surface area contributed by atoms with Crippen molar-refractivity contribution in [1.82, 2.24) is 10.2 Å². The molecule has 1 aromatic rings. The average Bonchev–Trinajstić information content (AvgIpc) is 2.39. The fourth-order valence-corrected chi connectivity index (χ4v) is 2.51. The number of amides is 2. The third-order valence-electron chi connectivity index (χ3n) is 3.19. The lowest BCUT2D eigenvalue weighted by molar-refractivity contribution is -0.131. The van der Waals surface area contributed by atoms with Crippen molar-refractivity contribution in [2.75, 3.05) is 14.1 Å². The van der Waals surface area contributed by atoms with Crippen molar-refractivity contribution >= 4 is 27.7 Å². The molecule has 0 saturated heterocycles. The molecule has 2 amide bonds. The van der Waals surface area contributed by atoms with Gasteiger partial charge in [-0.05, 0) is 46.8 Å². The van der Waals surface area contributed by atoms with Crippen LogP contribution in [0.25, 0.3) is 0 Å². The van der Waals surface area contributed by atoms with Crippen LogP contribution in [0.1, 0.15) is 36.2 Å². The zero-order valence-electron chi connectivity index (χ0n) is 13.2. The summed E-state index contributed by atoms with van der Waals surface area (Å²) in [5.41, 5.74) is 1.54. The molecule has 0 aliphatic heterocycles. The standard InChI is InChI=1S/C16H23BrN2O2/c1-10(2)9-13(16(21)19(4)5)18-15(20)12-8-6-7-11(3)14(12)17/h6-8,10,13H,9H2,1-5H3,(H,18,20). The number of aryl methyl sites for hydroxylation is 1. The van der Waals surface area contributed by atoms with Gasteiger partial charge in [0.2, 0.25) is 5.91 Å². The Morgan fingerprint density at radius 2 is 1.90 bits per heavy atom. The van der Waals surface area contributed by atoms with Crippen molar-refractivity contribution in [2.24, 2.45) is 5.92 Å². The Bertz CT molecular complexity index is 527. The lowest BCUT2D eigenvalue weighted by Gasteiger charge is -2.23. The maximum Gasteiger partial charge on any atom is 0.253 e. The van der Waals surface area contributed by atoms with Gasteiger partial charge in [0.25, 0.3) is 5.91 Å². The minimum atomic E-state index is -0.500. The second-order valence-electron chi connectivity index (χ2n) is 5.82. The van der Waals surface area contributed by atoms with Gasteiger partial charge in [-0.25, -0.2) is 0 Å². The van der Waals surface area contributed by atoms with Crippen LogP contribution in [-0.2, 0) is 4.79 Å². The molecule has 0 aliphatic carbocycles. The highest BCUT2D eigenvalue weighted by Gasteiger charge is 2.24. The van der Waals surface area contributed by atoms with Crippen molar-refractivity contribution in [3.63, 3.8) is 0 Å². The molecular formula is C16H23BrN2O2. The number of hydrogen-bond acceptors (Lipinski definition) is 2. The molecule has 0 aliphatic rings. The zero-order chi connectivity index (χ0) is 16.2. The molecule has 116 valence electrons. The SMILES string of the molecule is Cc1cccc(C(=O)NC(CC(C)C)C(=O)N(C)C)c1Br. The van der Waals surface area contributed by atoms with Crippen molar-refractivity contribution < 1.29 is 9.59 Å². The van der Waals surface area contributed by atoms with E-state index in [0.717, 1.165) is 10.0 Å². The van der Waals surface area contributed by atoms with Crippen LogP contribution in [0.5, 0.6) is 0 Å². The van der Waals surface area contributed by atoms with E-state index in [1.807, 2.05) is 32.9 Å². The smallest absolute Gasteiger partial charge is 0.253 e. The van der Waals surface area contributed by atoms with Crippen LogP contribution in [0.15, 0.2) is 22.7 Å². The number of benzene rings is 1. The third-order valence-corrected chi connectivity index (χ3v) is 4.24. The molecule has 1 unspecified atom stereocenters. The Kier molecular flexibility index (Phi) is 6.40. The Labute approximate surface area is 135 Å². The number of carbonyl (C=O) groups is 2. The summed E-state index contributed by atoms with van der Waals surface area (Å²) in [5, 5.41) is 2.85. The van der Waals surface area contributed by atoms with E-state index in [9.17, 15) is 9.59 Å². The van der Waals surface area contributed by atoms with Gasteiger partial charge in [0.1, 0.15) is 6.04 Å². The highest BCUT2D eigenvalue weighted by molar-refractivity contribution is 9.10. The average molecular weight is 355 g/mol. The molecule has 1 N–H and O–H groups in total. The quantitative estimate of drug-likeness (QED) is 0.883. The first-order chi connectivity index (χ1) is 9.73. The number of hydrogen-bond donors (Lipinski definition) is 1. The summed E-state index contributed by atoms with van der Waals surface area (Å²) in [5.74, 6) is 0.00685. The molecule has 1 aromatic carbocycles. The molecule has 1 atom stereocenters. The molecule has 4 nitrogen and oxygen atoms in total. The van der Waals surface area contributed by atoms with E-state index in [2.05, 4.69) is 21.2 Å². The van der Waals surface area contributed by atoms with Gasteiger partial charge in [-0.2, -0.15) is 0 Å². The molecule has 0 spiro atoms. The minimum Gasteiger partial charge on any atom is -0.347 e. The normalized spacial score (nSPS) is 12.1. The van der Waals surface area contributed by atoms with Crippen molar-refractivity contribution in [3.8, 4) is 0 Å². The van der Waals surface area contributed by atoms with E-state index in [1.54, 1.807) is 20.2 Å². The molecule has 1 rings (SSSR count). The van der Waals surface area contributed by atoms with Gasteiger partial charge in [0, 0.05) is 18.6 Å². The molecule has 0 saturated carbocycles. The van der Waals surface area contributed by atoms with Crippen molar-refractivity contribution in [2.45, 2.75) is 33.2 Å². The molecule has 0 heterocycles. The predicted octanol–water partition coefficient (Wildman–Crippen LogP) is 2.99. The van der Waals surface area contributed by atoms with E-state index in [4.69, 9.17) is 0 Å². The van der Waals surface area contributed by atoms with Crippen molar-refractivity contribution in [3.05, 3.63) is 33.8 Å². The van der Waals surface area contributed by atoms with Crippen LogP contribution in [-0.4, -0.2) is 36.9 Å². The topological polar surface area (TPSA) is 49.4 Å². The van der Waals surface area contributed by atoms with Crippen LogP contribution in [0.3, 0.4) is 0 Å². The summed E-state index contributed by atoms with van der Waals surface area (Å²) in [6, 6.07) is 5.01. The van der Waals surface area contributed by atoms with Crippen LogP contribution in [0, 0.1) is 12.8 Å². The molecule has 0 radical (unpaired) electrons. The monoisotopic (exact) mass is 354 g/mol. The second kappa shape index (κ2) is 7.59. The maximum absolute atomic E-state index is 12.4. The van der Waals surface area contributed by atoms with Gasteiger partial charge in [0.15, 0.2) is 0 Å². The summed E-state index contributed by atoms with van der Waals surface area (Å²) >= 11 is 3.43. The first kappa shape index (κ1) is 17.7. The summed E-state index contributed by atoms with van der Waals surface area (Å²) in [4.78, 5) is 26.1. The molecule has 0 bridgehead atoms. The van der Waals surface area contributed by atoms with Crippen LogP contribution >= 0.6 is 15.9 Å². The Hall–Kier alpha value is -1.36. The Morgan fingerprint density at radius 1 is 1.29 bits per heavy atom. The van der Waals surface area contributed by atoms with Crippen LogP contribution in [0.2, 0.25) is 0 Å². The van der Waals surface area contributed by atoms with Gasteiger partial charge in [-0.15, -0.1) is 0 Å². The molecule has 0 fully saturated rings. The number of carbonyl (C=O) groups excluding carboxylic acids is 2. The van der Waals surface area contributed by atoms with Gasteiger partial charge in [-0.3, -0.25) is 9.59 Å². The highest BCUT2D eigenvalue weighted by atomic mass is 79.9. The van der Waals surface area contributed by atoms with E-state index in [-0.39, 0.29) is 11.8 Å². The van der Waals surface area contributed by atoms with E-state index in [1.165, 1.54) is 4.90 Å². The fourth-order valence-electron chi connectivity index (χ4n) is 2.06. The first-order valence-corrected chi connectivity index (χ1v) is 7.80. The lowest BCUT2D eigenvalue weighted by atomic mass is 10.0. The van der Waals surface area contributed by atoms with Gasteiger partial charge in [0.05, 0.1) is 5.56 Å². The number of nitrogens with one attached hydrogen (secondary N) is 1. The molecule has 5 heteroatoms. The van der Waals surface area contributed by atoms with Crippen LogP contribution < -0.4 is 5.32 Å². The maximum atomic E-state index is 12.4. The summed E-state index contributed by atoms with van der Waals surface area (Å²) in [6.45, 7) is 5.99. The van der Waals surface area contributed by atoms with E-state index in [0.29, 0.717) is 17.9 Å². The highest BCUT2D eigenvalue weighted by Crippen LogP contribution is 2.21. The summed E-state index contributed by atoms with van der Waals surface area (Å²) in [6.07, 6.45) is 0.617. The number of nitrogens with zero attached hydrogens (tertiary/aromatic N) is 1. The Balaban J connectivity index is 2.95. The number of halogens is 1. The minimum absolute atomic E-state index is 0.0826. The van der Waals surface area contributed by atoms with Gasteiger partial charge >= 0.3 is 0 Å². The van der Waals surface area contributed by atoms with E-state index >= 15 is 0 Å². The second-order valence-corrected chi connectivity index (χ2v) is 6.62. The third kappa shape index (κ3) is 4.84. The van der Waals surface area contributed by atoms with Crippen LogP contribution in [0.4, 0.5) is 0 Å². The first-order valence-electron chi connectivity index (χ1n) is 7.01. The van der Waals surface area contributed by atoms with Gasteiger partial charge in [-0.1, -0.05) is 26.0 Å². The summed E-state index contributed by atoms with van der Waals surface area (Å²) in [7, 11) is 3.40. The largest absolute Gasteiger partial charge is 0.347 e. The zero-order valence-corrected chi connectivity index (χ0v) is 14.8. The molecule has 21 heavy (non-hydrogen) atoms. The number of likely N-dealkylation sites (N-methyl/N-ethyl adjacent to an activating group) is 1. The van der Waals surface area contributed by atoms with Crippen molar-refractivity contribution in [1.29, 1.82) is 0 Å². The lowest BCUT2D eigenvalue weighted by Crippen LogP contribution is -2.47. The fraction of sp³-hybridized carbons (Fsp3) is 0.500. The Morgan fingerprint density at radius 3 is 2.43 bits per heavy atom. The van der Waals surface area contributed by atoms with E-state index < -0.39 is 6.04 Å². The number of rotatable bonds is 5. The predicted molar refractivity (Wildman–Crippen MR) is 88.3 cm³/mol. The van der Waals surface area contributed by atoms with Gasteiger partial charge < -0.3 is 10.2 Å². The summed E-state index contributed by atoms with van der Waals surface area (Å²) < 4.78 is 0.767. The molecular weight excluding hydrogens is 332 g/mol. The molecule has 0 aromatic heterocycles.